The highest BCUT2D eigenvalue weighted by atomic mass is 35.5. The van der Waals surface area contributed by atoms with Crippen molar-refractivity contribution in [3.8, 4) is 5.69 Å². The van der Waals surface area contributed by atoms with Crippen LogP contribution in [0.2, 0.25) is 10.0 Å². The molecule has 0 spiro atoms. The van der Waals surface area contributed by atoms with Gasteiger partial charge in [0.2, 0.25) is 17.7 Å². The first-order valence-corrected chi connectivity index (χ1v) is 15.3. The molecule has 0 aliphatic carbocycles. The van der Waals surface area contributed by atoms with Crippen molar-refractivity contribution in [3.63, 3.8) is 0 Å². The third-order valence-electron chi connectivity index (χ3n) is 7.41. The van der Waals surface area contributed by atoms with Gasteiger partial charge in [-0.25, -0.2) is 4.68 Å². The standard InChI is InChI=1S/C30H33Cl2N5O3S/c1-19(38)34-12-14-35(15-13-34)24(39)17-36-25(40)18-41-27(22-10-5-6-11-23(22)32)26-28(30(2,3)4)33-37(29(26)36)21-9-7-8-20(31)16-21/h5-11,16,27H,12-15,17-18H2,1-4H3. The number of anilines is 1. The summed E-state index contributed by atoms with van der Waals surface area (Å²) in [6.07, 6.45) is 0. The number of aromatic nitrogens is 2. The molecule has 1 fully saturated rings. The molecule has 2 aromatic carbocycles. The second-order valence-electron chi connectivity index (χ2n) is 11.3. The summed E-state index contributed by atoms with van der Waals surface area (Å²) in [6.45, 7) is 9.44. The van der Waals surface area contributed by atoms with Gasteiger partial charge in [-0.2, -0.15) is 5.10 Å². The Hall–Kier alpha value is -3.01. The molecule has 0 bridgehead atoms. The molecule has 216 valence electrons. The first-order chi connectivity index (χ1) is 19.5. The fourth-order valence-electron chi connectivity index (χ4n) is 5.30. The van der Waals surface area contributed by atoms with Gasteiger partial charge in [0.1, 0.15) is 12.4 Å². The van der Waals surface area contributed by atoms with E-state index in [0.717, 1.165) is 16.8 Å². The van der Waals surface area contributed by atoms with Gasteiger partial charge >= 0.3 is 0 Å². The van der Waals surface area contributed by atoms with Crippen LogP contribution in [0.4, 0.5) is 5.82 Å². The van der Waals surface area contributed by atoms with E-state index in [1.165, 1.54) is 18.7 Å². The highest BCUT2D eigenvalue weighted by molar-refractivity contribution is 8.00. The molecule has 3 heterocycles. The minimum Gasteiger partial charge on any atom is -0.339 e. The summed E-state index contributed by atoms with van der Waals surface area (Å²) in [5, 5.41) is 5.94. The van der Waals surface area contributed by atoms with Crippen LogP contribution >= 0.6 is 35.0 Å². The number of fused-ring (bicyclic) bond motifs is 1. The molecule has 3 amide bonds. The topological polar surface area (TPSA) is 78.8 Å². The monoisotopic (exact) mass is 613 g/mol. The Bertz CT molecular complexity index is 1490. The third-order valence-corrected chi connectivity index (χ3v) is 9.23. The summed E-state index contributed by atoms with van der Waals surface area (Å²) in [6, 6.07) is 15.0. The van der Waals surface area contributed by atoms with Crippen LogP contribution in [0.5, 0.6) is 0 Å². The predicted molar refractivity (Wildman–Crippen MR) is 164 cm³/mol. The molecule has 0 saturated carbocycles. The molecule has 11 heteroatoms. The van der Waals surface area contributed by atoms with Gasteiger partial charge in [-0.1, -0.05) is 68.2 Å². The molecule has 0 radical (unpaired) electrons. The normalized spacial score (nSPS) is 17.9. The van der Waals surface area contributed by atoms with Crippen molar-refractivity contribution in [3.05, 3.63) is 75.4 Å². The number of halogens is 2. The summed E-state index contributed by atoms with van der Waals surface area (Å²) in [7, 11) is 0. The van der Waals surface area contributed by atoms with Crippen molar-refractivity contribution in [2.45, 2.75) is 38.4 Å². The number of benzene rings is 2. The van der Waals surface area contributed by atoms with Gasteiger partial charge < -0.3 is 9.80 Å². The summed E-state index contributed by atoms with van der Waals surface area (Å²) in [5.74, 6) is 0.338. The zero-order valence-corrected chi connectivity index (χ0v) is 25.9. The van der Waals surface area contributed by atoms with Crippen molar-refractivity contribution in [2.24, 2.45) is 0 Å². The number of nitrogens with zero attached hydrogens (tertiary/aromatic N) is 5. The van der Waals surface area contributed by atoms with E-state index in [1.54, 1.807) is 31.5 Å². The number of amides is 3. The zero-order chi connectivity index (χ0) is 29.5. The fraction of sp³-hybridized carbons (Fsp3) is 0.400. The van der Waals surface area contributed by atoms with E-state index in [-0.39, 0.29) is 40.7 Å². The maximum atomic E-state index is 13.9. The van der Waals surface area contributed by atoms with Crippen molar-refractivity contribution in [2.75, 3.05) is 43.4 Å². The van der Waals surface area contributed by atoms with Crippen molar-refractivity contribution in [1.82, 2.24) is 19.6 Å². The second kappa shape index (κ2) is 11.7. The molecule has 1 unspecified atom stereocenters. The van der Waals surface area contributed by atoms with Crippen molar-refractivity contribution < 1.29 is 14.4 Å². The van der Waals surface area contributed by atoms with Crippen molar-refractivity contribution in [1.29, 1.82) is 0 Å². The van der Waals surface area contributed by atoms with E-state index >= 15 is 0 Å². The number of carbonyl (C=O) groups excluding carboxylic acids is 3. The Morgan fingerprint density at radius 3 is 2.32 bits per heavy atom. The molecule has 5 rings (SSSR count). The number of hydrogen-bond acceptors (Lipinski definition) is 5. The van der Waals surface area contributed by atoms with E-state index in [4.69, 9.17) is 28.3 Å². The summed E-state index contributed by atoms with van der Waals surface area (Å²) < 4.78 is 1.75. The average molecular weight is 615 g/mol. The number of rotatable bonds is 4. The van der Waals surface area contributed by atoms with Crippen LogP contribution < -0.4 is 4.90 Å². The molecule has 3 aromatic rings. The smallest absolute Gasteiger partial charge is 0.242 e. The molecule has 0 N–H and O–H groups in total. The molecule has 1 aromatic heterocycles. The van der Waals surface area contributed by atoms with E-state index < -0.39 is 0 Å². The van der Waals surface area contributed by atoms with Crippen LogP contribution in [-0.2, 0) is 19.8 Å². The van der Waals surface area contributed by atoms with E-state index in [0.29, 0.717) is 47.7 Å². The lowest BCUT2D eigenvalue weighted by molar-refractivity contribution is -0.137. The molecule has 2 aliphatic rings. The van der Waals surface area contributed by atoms with Gasteiger partial charge in [-0.05, 0) is 29.8 Å². The molecule has 2 aliphatic heterocycles. The Morgan fingerprint density at radius 1 is 1.00 bits per heavy atom. The van der Waals surface area contributed by atoms with Gasteiger partial charge in [-0.3, -0.25) is 19.3 Å². The van der Waals surface area contributed by atoms with Gasteiger partial charge in [0, 0.05) is 54.1 Å². The summed E-state index contributed by atoms with van der Waals surface area (Å²) >= 11 is 14.6. The minimum absolute atomic E-state index is 0.00721. The van der Waals surface area contributed by atoms with Gasteiger partial charge in [0.15, 0.2) is 0 Å². The number of thioether (sulfide) groups is 1. The molecular formula is C30H33Cl2N5O3S. The highest BCUT2D eigenvalue weighted by Gasteiger charge is 2.41. The second-order valence-corrected chi connectivity index (χ2v) is 13.2. The maximum absolute atomic E-state index is 13.9. The first-order valence-electron chi connectivity index (χ1n) is 13.5. The minimum atomic E-state index is -0.389. The Kier molecular flexibility index (Phi) is 8.41. The Morgan fingerprint density at radius 2 is 1.68 bits per heavy atom. The molecular weight excluding hydrogens is 581 g/mol. The van der Waals surface area contributed by atoms with Crippen LogP contribution in [-0.4, -0.2) is 75.8 Å². The molecule has 8 nitrogen and oxygen atoms in total. The van der Waals surface area contributed by atoms with Crippen LogP contribution in [0.3, 0.4) is 0 Å². The summed E-state index contributed by atoms with van der Waals surface area (Å²) in [5.41, 5.74) is 2.86. The lowest BCUT2D eigenvalue weighted by Gasteiger charge is -2.35. The number of carbonyl (C=O) groups is 3. The van der Waals surface area contributed by atoms with Gasteiger partial charge in [0.05, 0.1) is 22.4 Å². The number of hydrogen-bond donors (Lipinski definition) is 0. The largest absolute Gasteiger partial charge is 0.339 e. The van der Waals surface area contributed by atoms with Crippen LogP contribution in [0.25, 0.3) is 5.69 Å². The third kappa shape index (κ3) is 5.98. The lowest BCUT2D eigenvalue weighted by atomic mass is 9.87. The van der Waals surface area contributed by atoms with Crippen LogP contribution in [0.15, 0.2) is 48.5 Å². The average Bonchev–Trinajstić information content (AvgIpc) is 3.27. The van der Waals surface area contributed by atoms with Gasteiger partial charge in [-0.15, -0.1) is 11.8 Å². The molecule has 1 saturated heterocycles. The van der Waals surface area contributed by atoms with E-state index in [1.807, 2.05) is 36.4 Å². The summed E-state index contributed by atoms with van der Waals surface area (Å²) in [4.78, 5) is 44.4. The Balaban J connectivity index is 1.66. The highest BCUT2D eigenvalue weighted by Crippen LogP contribution is 2.49. The zero-order valence-electron chi connectivity index (χ0n) is 23.6. The quantitative estimate of drug-likeness (QED) is 0.397. The van der Waals surface area contributed by atoms with Crippen LogP contribution in [0.1, 0.15) is 49.8 Å². The maximum Gasteiger partial charge on any atom is 0.242 e. The fourth-order valence-corrected chi connectivity index (χ4v) is 7.03. The predicted octanol–water partition coefficient (Wildman–Crippen LogP) is 5.34. The SMILES string of the molecule is CC(=O)N1CCN(C(=O)CN2C(=O)CSC(c3ccccc3Cl)c3c(C(C)(C)C)nn(-c4cccc(Cl)c4)c32)CC1. The van der Waals surface area contributed by atoms with Crippen LogP contribution in [0, 0.1) is 0 Å². The van der Waals surface area contributed by atoms with E-state index in [9.17, 15) is 14.4 Å². The van der Waals surface area contributed by atoms with Crippen molar-refractivity contribution >= 4 is 58.5 Å². The Labute approximate surface area is 254 Å². The number of piperazine rings is 1. The molecule has 1 atom stereocenters. The first kappa shape index (κ1) is 29.5. The van der Waals surface area contributed by atoms with Gasteiger partial charge in [0.25, 0.3) is 0 Å². The molecule has 41 heavy (non-hydrogen) atoms. The van der Waals surface area contributed by atoms with E-state index in [2.05, 4.69) is 20.8 Å². The lowest BCUT2D eigenvalue weighted by Crippen LogP contribution is -2.53.